The van der Waals surface area contributed by atoms with E-state index in [9.17, 15) is 27.9 Å². The molecule has 10 heteroatoms. The molecule has 36 heavy (non-hydrogen) atoms. The Morgan fingerprint density at radius 2 is 1.78 bits per heavy atom. The highest BCUT2D eigenvalue weighted by molar-refractivity contribution is 5.72. The Balaban J connectivity index is 1.92. The van der Waals surface area contributed by atoms with Crippen molar-refractivity contribution in [2.45, 2.75) is 51.6 Å². The Kier molecular flexibility index (Phi) is 11.5. The van der Waals surface area contributed by atoms with Crippen LogP contribution in [0, 0.1) is 5.82 Å². The number of carboxylic acid groups (broad SMARTS) is 1. The normalized spacial score (nSPS) is 12.1. The van der Waals surface area contributed by atoms with Crippen molar-refractivity contribution in [2.75, 3.05) is 26.3 Å². The van der Waals surface area contributed by atoms with Gasteiger partial charge in [0.2, 0.25) is 5.92 Å². The molecule has 0 aliphatic rings. The number of alkyl halides is 2. The van der Waals surface area contributed by atoms with Gasteiger partial charge in [0.05, 0.1) is 6.54 Å². The topological polar surface area (TPSA) is 85.3 Å². The van der Waals surface area contributed by atoms with Crippen molar-refractivity contribution in [3.8, 4) is 11.5 Å². The smallest absolute Gasteiger partial charge is 0.415 e. The van der Waals surface area contributed by atoms with Crippen LogP contribution in [0.25, 0.3) is 0 Å². The molecule has 1 unspecified atom stereocenters. The Morgan fingerprint density at radius 3 is 2.39 bits per heavy atom. The zero-order valence-corrected chi connectivity index (χ0v) is 20.4. The number of ether oxygens (including phenoxy) is 3. The number of rotatable bonds is 15. The number of nitrogens with zero attached hydrogens (tertiary/aromatic N) is 1. The molecule has 1 atom stereocenters. The molecule has 7 nitrogen and oxygen atoms in total. The molecule has 2 aromatic rings. The molecule has 0 bridgehead atoms. The van der Waals surface area contributed by atoms with Gasteiger partial charge in [0, 0.05) is 32.1 Å². The molecule has 0 heterocycles. The first-order valence-electron chi connectivity index (χ1n) is 11.7. The summed E-state index contributed by atoms with van der Waals surface area (Å²) in [5.41, 5.74) is 0.760. The zero-order valence-electron chi connectivity index (χ0n) is 20.4. The van der Waals surface area contributed by atoms with Gasteiger partial charge in [-0.1, -0.05) is 18.2 Å². The lowest BCUT2D eigenvalue weighted by Crippen LogP contribution is -2.37. The molecule has 0 fully saturated rings. The maximum Gasteiger partial charge on any atom is 0.415 e. The number of hydrogen-bond acceptors (Lipinski definition) is 5. The van der Waals surface area contributed by atoms with Crippen LogP contribution in [0.2, 0.25) is 0 Å². The van der Waals surface area contributed by atoms with Gasteiger partial charge in [-0.25, -0.2) is 22.8 Å². The van der Waals surface area contributed by atoms with Gasteiger partial charge in [0.1, 0.15) is 23.9 Å². The summed E-state index contributed by atoms with van der Waals surface area (Å²) >= 11 is 0. The van der Waals surface area contributed by atoms with E-state index in [1.165, 1.54) is 23.1 Å². The summed E-state index contributed by atoms with van der Waals surface area (Å²) < 4.78 is 55.8. The van der Waals surface area contributed by atoms with Gasteiger partial charge < -0.3 is 24.2 Å². The minimum absolute atomic E-state index is 0.0355. The largest absolute Gasteiger partial charge is 0.492 e. The van der Waals surface area contributed by atoms with Gasteiger partial charge in [0.15, 0.2) is 6.10 Å². The van der Waals surface area contributed by atoms with Crippen molar-refractivity contribution in [1.29, 1.82) is 0 Å². The quantitative estimate of drug-likeness (QED) is 0.315. The number of carbonyl (C=O) groups excluding carboxylic acids is 1. The lowest BCUT2D eigenvalue weighted by Gasteiger charge is -2.22. The van der Waals surface area contributed by atoms with Crippen LogP contribution in [0.3, 0.4) is 0 Å². The molecule has 0 aliphatic heterocycles. The summed E-state index contributed by atoms with van der Waals surface area (Å²) in [7, 11) is 0. The van der Waals surface area contributed by atoms with Gasteiger partial charge in [-0.2, -0.15) is 0 Å². The van der Waals surface area contributed by atoms with Gasteiger partial charge in [-0.05, 0) is 56.5 Å². The van der Waals surface area contributed by atoms with Crippen LogP contribution < -0.4 is 9.47 Å². The average Bonchev–Trinajstić information content (AvgIpc) is 2.80. The van der Waals surface area contributed by atoms with E-state index in [-0.39, 0.29) is 51.3 Å². The SMILES string of the molecule is CCOC(Cc1ccc(OCCN(CCCCC(C)(F)F)C(=O)Oc2cccc(F)c2)cc1)C(=O)O. The molecule has 1 N–H and O–H groups in total. The lowest BCUT2D eigenvalue weighted by atomic mass is 10.1. The van der Waals surface area contributed by atoms with Crippen LogP contribution in [-0.4, -0.2) is 60.4 Å². The minimum atomic E-state index is -2.78. The van der Waals surface area contributed by atoms with Crippen LogP contribution in [0.1, 0.15) is 38.7 Å². The molecule has 2 aromatic carbocycles. The molecule has 0 radical (unpaired) electrons. The fourth-order valence-electron chi connectivity index (χ4n) is 3.36. The van der Waals surface area contributed by atoms with Gasteiger partial charge in [-0.3, -0.25) is 0 Å². The lowest BCUT2D eigenvalue weighted by molar-refractivity contribution is -0.149. The Bertz CT molecular complexity index is 965. The summed E-state index contributed by atoms with van der Waals surface area (Å²) in [6, 6.07) is 12.0. The third kappa shape index (κ3) is 11.0. The number of unbranched alkanes of at least 4 members (excludes halogenated alkanes) is 1. The van der Waals surface area contributed by atoms with Gasteiger partial charge in [0.25, 0.3) is 0 Å². The fourth-order valence-corrected chi connectivity index (χ4v) is 3.36. The molecule has 0 aromatic heterocycles. The Hall–Kier alpha value is -3.27. The maximum absolute atomic E-state index is 13.4. The van der Waals surface area contributed by atoms with E-state index in [1.807, 2.05) is 0 Å². The summed E-state index contributed by atoms with van der Waals surface area (Å²) in [4.78, 5) is 25.2. The predicted octanol–water partition coefficient (Wildman–Crippen LogP) is 5.56. The standard InChI is InChI=1S/C26H32F3NO6/c1-3-34-23(24(31)32)17-19-9-11-21(12-10-19)35-16-15-30(14-5-4-13-26(2,28)29)25(33)36-22-8-6-7-20(27)18-22/h6-12,18,23H,3-5,13-17H2,1-2H3,(H,31,32). The fraction of sp³-hybridized carbons (Fsp3) is 0.462. The molecule has 0 aliphatic carbocycles. The Morgan fingerprint density at radius 1 is 1.06 bits per heavy atom. The monoisotopic (exact) mass is 511 g/mol. The Labute approximate surface area is 208 Å². The number of amides is 1. The molecule has 0 spiro atoms. The van der Waals surface area contributed by atoms with Crippen molar-refractivity contribution in [3.05, 3.63) is 59.9 Å². The summed E-state index contributed by atoms with van der Waals surface area (Å²) in [6.45, 7) is 3.24. The summed E-state index contributed by atoms with van der Waals surface area (Å²) in [6.07, 6.45) is -1.21. The summed E-state index contributed by atoms with van der Waals surface area (Å²) in [5, 5.41) is 9.21. The van der Waals surface area contributed by atoms with Crippen LogP contribution in [0.15, 0.2) is 48.5 Å². The molecule has 0 saturated carbocycles. The van der Waals surface area contributed by atoms with E-state index in [0.717, 1.165) is 18.6 Å². The molecule has 1 amide bonds. The first-order valence-corrected chi connectivity index (χ1v) is 11.7. The molecule has 0 saturated heterocycles. The average molecular weight is 512 g/mol. The first kappa shape index (κ1) is 29.0. The van der Waals surface area contributed by atoms with E-state index in [2.05, 4.69) is 0 Å². The first-order chi connectivity index (χ1) is 17.1. The third-order valence-electron chi connectivity index (χ3n) is 5.17. The second kappa shape index (κ2) is 14.3. The van der Waals surface area contributed by atoms with E-state index >= 15 is 0 Å². The van der Waals surface area contributed by atoms with Crippen molar-refractivity contribution in [2.24, 2.45) is 0 Å². The molecular formula is C26H32F3NO6. The van der Waals surface area contributed by atoms with Crippen LogP contribution in [-0.2, 0) is 16.0 Å². The van der Waals surface area contributed by atoms with Crippen molar-refractivity contribution >= 4 is 12.1 Å². The van der Waals surface area contributed by atoms with Crippen LogP contribution in [0.5, 0.6) is 11.5 Å². The zero-order chi connectivity index (χ0) is 26.6. The van der Waals surface area contributed by atoms with E-state index < -0.39 is 29.9 Å². The molecule has 2 rings (SSSR count). The number of aliphatic carboxylic acids is 1. The maximum atomic E-state index is 13.4. The highest BCUT2D eigenvalue weighted by Gasteiger charge is 2.22. The van der Waals surface area contributed by atoms with E-state index in [0.29, 0.717) is 12.2 Å². The second-order valence-corrected chi connectivity index (χ2v) is 8.32. The van der Waals surface area contributed by atoms with E-state index in [4.69, 9.17) is 14.2 Å². The van der Waals surface area contributed by atoms with Crippen LogP contribution in [0.4, 0.5) is 18.0 Å². The number of carbonyl (C=O) groups is 2. The van der Waals surface area contributed by atoms with E-state index in [1.54, 1.807) is 31.2 Å². The molecule has 198 valence electrons. The second-order valence-electron chi connectivity index (χ2n) is 8.32. The number of carboxylic acids is 1. The third-order valence-corrected chi connectivity index (χ3v) is 5.17. The van der Waals surface area contributed by atoms with Crippen LogP contribution >= 0.6 is 0 Å². The van der Waals surface area contributed by atoms with Crippen molar-refractivity contribution in [3.63, 3.8) is 0 Å². The van der Waals surface area contributed by atoms with Crippen molar-refractivity contribution in [1.82, 2.24) is 4.90 Å². The highest BCUT2D eigenvalue weighted by Crippen LogP contribution is 2.20. The predicted molar refractivity (Wildman–Crippen MR) is 127 cm³/mol. The van der Waals surface area contributed by atoms with Gasteiger partial charge >= 0.3 is 12.1 Å². The highest BCUT2D eigenvalue weighted by atomic mass is 19.3. The van der Waals surface area contributed by atoms with Crippen molar-refractivity contribution < 1.29 is 42.1 Å². The number of halogens is 3. The van der Waals surface area contributed by atoms with Gasteiger partial charge in [-0.15, -0.1) is 0 Å². The number of benzene rings is 2. The number of hydrogen-bond donors (Lipinski definition) is 1. The molecular weight excluding hydrogens is 479 g/mol. The summed E-state index contributed by atoms with van der Waals surface area (Å²) in [5.74, 6) is -3.83. The minimum Gasteiger partial charge on any atom is -0.492 e.